The predicted octanol–water partition coefficient (Wildman–Crippen LogP) is 6.50. The summed E-state index contributed by atoms with van der Waals surface area (Å²) in [5, 5.41) is 0. The van der Waals surface area contributed by atoms with Crippen LogP contribution in [-0.2, 0) is 4.74 Å². The molecule has 0 heterocycles. The van der Waals surface area contributed by atoms with Gasteiger partial charge in [0.05, 0.1) is 12.0 Å². The van der Waals surface area contributed by atoms with E-state index in [1.165, 1.54) is 52.1 Å². The Morgan fingerprint density at radius 3 is 2.35 bits per heavy atom. The minimum absolute atomic E-state index is 0.385. The van der Waals surface area contributed by atoms with Crippen LogP contribution in [0.4, 0.5) is 8.78 Å². The van der Waals surface area contributed by atoms with Gasteiger partial charge in [0.15, 0.2) is 6.17 Å². The second-order valence-corrected chi connectivity index (χ2v) is 8.68. The Morgan fingerprint density at radius 1 is 0.962 bits per heavy atom. The van der Waals surface area contributed by atoms with E-state index in [1.54, 1.807) is 0 Å². The first-order chi connectivity index (χ1) is 12.5. The molecule has 0 aliphatic heterocycles. The molecule has 0 bridgehead atoms. The maximum atomic E-state index is 14.2. The molecule has 0 spiro atoms. The minimum Gasteiger partial charge on any atom is -0.378 e. The Bertz CT molecular complexity index is 447. The lowest BCUT2D eigenvalue weighted by Crippen LogP contribution is -2.41. The van der Waals surface area contributed by atoms with Gasteiger partial charge in [-0.1, -0.05) is 57.8 Å². The van der Waals surface area contributed by atoms with Crippen LogP contribution in [0.1, 0.15) is 84.5 Å². The SMILES string of the molecule is CCCC(C)CCCC1CCC(C#CC2CCC(OC)C(F)C2F)CC1. The second-order valence-electron chi connectivity index (χ2n) is 8.68. The van der Waals surface area contributed by atoms with Gasteiger partial charge in [-0.2, -0.15) is 0 Å². The molecule has 150 valence electrons. The zero-order valence-electron chi connectivity index (χ0n) is 17.0. The number of hydrogen-bond donors (Lipinski definition) is 0. The standard InChI is InChI=1S/C23H38F2O/c1-4-6-17(2)7-5-8-18-9-11-19(12-10-18)13-14-20-15-16-21(26-3)23(25)22(20)24/h17-23H,4-12,15-16H2,1-3H3. The van der Waals surface area contributed by atoms with Gasteiger partial charge in [-0.15, -0.1) is 0 Å². The van der Waals surface area contributed by atoms with Crippen molar-refractivity contribution in [3.8, 4) is 11.8 Å². The van der Waals surface area contributed by atoms with Crippen LogP contribution < -0.4 is 0 Å². The summed E-state index contributed by atoms with van der Waals surface area (Å²) in [6.45, 7) is 4.64. The van der Waals surface area contributed by atoms with Crippen LogP contribution in [0.15, 0.2) is 0 Å². The van der Waals surface area contributed by atoms with Gasteiger partial charge in [0.1, 0.15) is 6.17 Å². The van der Waals surface area contributed by atoms with Crippen LogP contribution in [-0.4, -0.2) is 25.6 Å². The van der Waals surface area contributed by atoms with Crippen molar-refractivity contribution >= 4 is 0 Å². The highest BCUT2D eigenvalue weighted by molar-refractivity contribution is 5.12. The Labute approximate surface area is 159 Å². The Kier molecular flexibility index (Phi) is 9.40. The van der Waals surface area contributed by atoms with Gasteiger partial charge in [0, 0.05) is 13.0 Å². The molecule has 2 saturated carbocycles. The van der Waals surface area contributed by atoms with Crippen molar-refractivity contribution in [3.05, 3.63) is 0 Å². The van der Waals surface area contributed by atoms with Crippen LogP contribution in [0.5, 0.6) is 0 Å². The van der Waals surface area contributed by atoms with Gasteiger partial charge in [0.2, 0.25) is 0 Å². The number of halogens is 2. The molecule has 5 atom stereocenters. The van der Waals surface area contributed by atoms with E-state index in [9.17, 15) is 8.78 Å². The Balaban J connectivity index is 1.68. The van der Waals surface area contributed by atoms with Crippen molar-refractivity contribution in [3.63, 3.8) is 0 Å². The summed E-state index contributed by atoms with van der Waals surface area (Å²) in [4.78, 5) is 0. The first kappa shape index (κ1) is 21.7. The average molecular weight is 369 g/mol. The summed E-state index contributed by atoms with van der Waals surface area (Å²) in [6, 6.07) is 0. The Hall–Kier alpha value is -0.620. The van der Waals surface area contributed by atoms with E-state index in [2.05, 4.69) is 25.7 Å². The zero-order valence-corrected chi connectivity index (χ0v) is 17.0. The fourth-order valence-corrected chi connectivity index (χ4v) is 4.70. The molecule has 2 rings (SSSR count). The highest BCUT2D eigenvalue weighted by Crippen LogP contribution is 2.34. The first-order valence-corrected chi connectivity index (χ1v) is 10.9. The van der Waals surface area contributed by atoms with Gasteiger partial charge < -0.3 is 4.74 Å². The molecule has 1 nitrogen and oxygen atoms in total. The molecule has 0 aromatic carbocycles. The smallest absolute Gasteiger partial charge is 0.158 e. The normalized spacial score (nSPS) is 36.2. The molecule has 3 heteroatoms. The largest absolute Gasteiger partial charge is 0.378 e. The van der Waals surface area contributed by atoms with E-state index in [0.29, 0.717) is 18.8 Å². The third-order valence-electron chi connectivity index (χ3n) is 6.52. The van der Waals surface area contributed by atoms with Crippen molar-refractivity contribution in [2.24, 2.45) is 23.7 Å². The molecule has 0 aromatic heterocycles. The van der Waals surface area contributed by atoms with Crippen LogP contribution in [0, 0.1) is 35.5 Å². The summed E-state index contributed by atoms with van der Waals surface area (Å²) in [5.41, 5.74) is 0. The predicted molar refractivity (Wildman–Crippen MR) is 104 cm³/mol. The van der Waals surface area contributed by atoms with Gasteiger partial charge in [-0.3, -0.25) is 0 Å². The third kappa shape index (κ3) is 6.52. The molecule has 2 aliphatic carbocycles. The molecule has 0 amide bonds. The summed E-state index contributed by atoms with van der Waals surface area (Å²) in [7, 11) is 1.46. The van der Waals surface area contributed by atoms with Crippen LogP contribution in [0.2, 0.25) is 0 Å². The van der Waals surface area contributed by atoms with Crippen LogP contribution >= 0.6 is 0 Å². The van der Waals surface area contributed by atoms with Crippen molar-refractivity contribution < 1.29 is 13.5 Å². The van der Waals surface area contributed by atoms with Crippen LogP contribution in [0.25, 0.3) is 0 Å². The fourth-order valence-electron chi connectivity index (χ4n) is 4.70. The molecule has 0 N–H and O–H groups in total. The van der Waals surface area contributed by atoms with Crippen LogP contribution in [0.3, 0.4) is 0 Å². The highest BCUT2D eigenvalue weighted by Gasteiger charge is 2.39. The number of hydrogen-bond acceptors (Lipinski definition) is 1. The number of methoxy groups -OCH3 is 1. The Morgan fingerprint density at radius 2 is 1.69 bits per heavy atom. The van der Waals surface area contributed by atoms with Crippen molar-refractivity contribution in [1.82, 2.24) is 0 Å². The van der Waals surface area contributed by atoms with E-state index < -0.39 is 24.4 Å². The van der Waals surface area contributed by atoms with E-state index in [-0.39, 0.29) is 0 Å². The maximum Gasteiger partial charge on any atom is 0.158 e. The second kappa shape index (κ2) is 11.3. The molecule has 2 fully saturated rings. The molecule has 2 aliphatic rings. The third-order valence-corrected chi connectivity index (χ3v) is 6.52. The van der Waals surface area contributed by atoms with Gasteiger partial charge in [-0.25, -0.2) is 8.78 Å². The molecular formula is C23H38F2O. The first-order valence-electron chi connectivity index (χ1n) is 10.9. The summed E-state index contributed by atoms with van der Waals surface area (Å²) in [5.74, 6) is 8.02. The fraction of sp³-hybridized carbons (Fsp3) is 0.913. The lowest BCUT2D eigenvalue weighted by atomic mass is 9.79. The maximum absolute atomic E-state index is 14.2. The van der Waals surface area contributed by atoms with E-state index in [1.807, 2.05) is 0 Å². The number of alkyl halides is 2. The topological polar surface area (TPSA) is 9.23 Å². The molecule has 0 saturated heterocycles. The molecule has 5 unspecified atom stereocenters. The van der Waals surface area contributed by atoms with E-state index in [0.717, 1.165) is 24.7 Å². The quantitative estimate of drug-likeness (QED) is 0.466. The lowest BCUT2D eigenvalue weighted by Gasteiger charge is -2.31. The van der Waals surface area contributed by atoms with Crippen molar-refractivity contribution in [1.29, 1.82) is 0 Å². The number of rotatable bonds is 7. The van der Waals surface area contributed by atoms with E-state index >= 15 is 0 Å². The lowest BCUT2D eigenvalue weighted by molar-refractivity contribution is -0.0454. The van der Waals surface area contributed by atoms with Gasteiger partial charge in [-0.05, 0) is 50.4 Å². The molecule has 26 heavy (non-hydrogen) atoms. The monoisotopic (exact) mass is 368 g/mol. The average Bonchev–Trinajstić information content (AvgIpc) is 2.64. The van der Waals surface area contributed by atoms with Crippen molar-refractivity contribution in [2.75, 3.05) is 7.11 Å². The van der Waals surface area contributed by atoms with E-state index in [4.69, 9.17) is 4.74 Å². The summed E-state index contributed by atoms with van der Waals surface area (Å²) < 4.78 is 33.2. The molecular weight excluding hydrogens is 330 g/mol. The van der Waals surface area contributed by atoms with Crippen molar-refractivity contribution in [2.45, 2.75) is 103 Å². The summed E-state index contributed by atoms with van der Waals surface area (Å²) in [6.07, 6.45) is 9.03. The van der Waals surface area contributed by atoms with Gasteiger partial charge in [0.25, 0.3) is 0 Å². The summed E-state index contributed by atoms with van der Waals surface area (Å²) >= 11 is 0. The minimum atomic E-state index is -1.53. The zero-order chi connectivity index (χ0) is 18.9. The molecule has 0 radical (unpaired) electrons. The number of ether oxygens (including phenoxy) is 1. The highest BCUT2D eigenvalue weighted by atomic mass is 19.2. The van der Waals surface area contributed by atoms with Gasteiger partial charge >= 0.3 is 0 Å². The molecule has 0 aromatic rings.